The Morgan fingerprint density at radius 3 is 2.95 bits per heavy atom. The molecule has 1 aliphatic rings. The molecule has 0 aliphatic carbocycles. The van der Waals surface area contributed by atoms with Crippen molar-refractivity contribution in [1.82, 2.24) is 5.32 Å². The highest BCUT2D eigenvalue weighted by molar-refractivity contribution is 5.40. The molecule has 0 bridgehead atoms. The van der Waals surface area contributed by atoms with Crippen LogP contribution in [0.2, 0.25) is 0 Å². The lowest BCUT2D eigenvalue weighted by molar-refractivity contribution is 0.190. The average Bonchev–Trinajstić information content (AvgIpc) is 2.70. The molecular weight excluding hydrogens is 238 g/mol. The molecule has 0 amide bonds. The highest BCUT2D eigenvalue weighted by Gasteiger charge is 2.23. The van der Waals surface area contributed by atoms with Crippen molar-refractivity contribution in [3.63, 3.8) is 0 Å². The van der Waals surface area contributed by atoms with Crippen LogP contribution in [0.15, 0.2) is 18.2 Å². The minimum atomic E-state index is 0.136. The number of fused-ring (bicyclic) bond motifs is 1. The van der Waals surface area contributed by atoms with Crippen molar-refractivity contribution < 1.29 is 9.84 Å². The average molecular weight is 263 g/mol. The van der Waals surface area contributed by atoms with E-state index in [1.54, 1.807) is 0 Å². The number of benzene rings is 1. The summed E-state index contributed by atoms with van der Waals surface area (Å²) in [5, 5.41) is 12.5. The van der Waals surface area contributed by atoms with E-state index in [4.69, 9.17) is 9.84 Å². The molecule has 0 fully saturated rings. The highest BCUT2D eigenvalue weighted by atomic mass is 16.5. The predicted octanol–water partition coefficient (Wildman–Crippen LogP) is 2.30. The molecule has 1 heterocycles. The summed E-state index contributed by atoms with van der Waals surface area (Å²) in [5.74, 6) is 1.03. The van der Waals surface area contributed by atoms with Gasteiger partial charge in [-0.05, 0) is 30.4 Å². The van der Waals surface area contributed by atoms with Gasteiger partial charge in [0.2, 0.25) is 0 Å². The molecule has 1 aromatic rings. The standard InChI is InChI=1S/C16H25NO2/c1-12-4-5-15-13(8-12)9-14(19-15)10-17-11-16(2,3)6-7-18/h4-5,8,14,17-18H,6-7,9-11H2,1-3H3. The van der Waals surface area contributed by atoms with Crippen molar-refractivity contribution in [2.24, 2.45) is 5.41 Å². The Kier molecular flexibility index (Phi) is 4.48. The van der Waals surface area contributed by atoms with Crippen molar-refractivity contribution in [1.29, 1.82) is 0 Å². The topological polar surface area (TPSA) is 41.5 Å². The van der Waals surface area contributed by atoms with Crippen LogP contribution < -0.4 is 10.1 Å². The molecule has 0 aromatic heterocycles. The second-order valence-electron chi connectivity index (χ2n) is 6.32. The molecule has 0 saturated carbocycles. The van der Waals surface area contributed by atoms with Gasteiger partial charge in [0.15, 0.2) is 0 Å². The number of nitrogens with one attached hydrogen (secondary N) is 1. The zero-order chi connectivity index (χ0) is 13.9. The van der Waals surface area contributed by atoms with E-state index in [-0.39, 0.29) is 18.1 Å². The molecule has 1 atom stereocenters. The van der Waals surface area contributed by atoms with E-state index in [1.807, 2.05) is 0 Å². The lowest BCUT2D eigenvalue weighted by Crippen LogP contribution is -2.36. The first kappa shape index (κ1) is 14.4. The number of aryl methyl sites for hydroxylation is 1. The molecule has 0 spiro atoms. The minimum absolute atomic E-state index is 0.136. The van der Waals surface area contributed by atoms with Crippen LogP contribution in [0, 0.1) is 12.3 Å². The lowest BCUT2D eigenvalue weighted by atomic mass is 9.90. The molecule has 1 unspecified atom stereocenters. The molecule has 0 saturated heterocycles. The first-order valence-corrected chi connectivity index (χ1v) is 7.08. The summed E-state index contributed by atoms with van der Waals surface area (Å²) in [5.41, 5.74) is 2.75. The van der Waals surface area contributed by atoms with Crippen LogP contribution in [0.25, 0.3) is 0 Å². The van der Waals surface area contributed by atoms with Crippen LogP contribution in [-0.4, -0.2) is 30.9 Å². The van der Waals surface area contributed by atoms with Gasteiger partial charge in [-0.3, -0.25) is 0 Å². The summed E-state index contributed by atoms with van der Waals surface area (Å²) >= 11 is 0. The quantitative estimate of drug-likeness (QED) is 0.827. The summed E-state index contributed by atoms with van der Waals surface area (Å²) in [6.45, 7) is 8.47. The Morgan fingerprint density at radius 1 is 1.42 bits per heavy atom. The maximum atomic E-state index is 9.00. The van der Waals surface area contributed by atoms with Crippen LogP contribution >= 0.6 is 0 Å². The zero-order valence-electron chi connectivity index (χ0n) is 12.2. The molecule has 3 heteroatoms. The number of aliphatic hydroxyl groups is 1. The van der Waals surface area contributed by atoms with E-state index in [0.717, 1.165) is 31.7 Å². The van der Waals surface area contributed by atoms with Crippen molar-refractivity contribution in [3.05, 3.63) is 29.3 Å². The van der Waals surface area contributed by atoms with Gasteiger partial charge < -0.3 is 15.2 Å². The SMILES string of the molecule is Cc1ccc2c(c1)CC(CNCC(C)(C)CCO)O2. The molecule has 106 valence electrons. The molecule has 0 radical (unpaired) electrons. The first-order chi connectivity index (χ1) is 9.00. The fraction of sp³-hybridized carbons (Fsp3) is 0.625. The van der Waals surface area contributed by atoms with E-state index >= 15 is 0 Å². The number of ether oxygens (including phenoxy) is 1. The minimum Gasteiger partial charge on any atom is -0.488 e. The van der Waals surface area contributed by atoms with Crippen molar-refractivity contribution in [2.75, 3.05) is 19.7 Å². The third kappa shape index (κ3) is 3.95. The largest absolute Gasteiger partial charge is 0.488 e. The van der Waals surface area contributed by atoms with Crippen molar-refractivity contribution >= 4 is 0 Å². The molecule has 2 N–H and O–H groups in total. The smallest absolute Gasteiger partial charge is 0.123 e. The summed E-state index contributed by atoms with van der Waals surface area (Å²) in [7, 11) is 0. The second-order valence-corrected chi connectivity index (χ2v) is 6.32. The van der Waals surface area contributed by atoms with Crippen LogP contribution in [0.5, 0.6) is 5.75 Å². The Morgan fingerprint density at radius 2 is 2.21 bits per heavy atom. The number of hydrogen-bond donors (Lipinski definition) is 2. The van der Waals surface area contributed by atoms with Gasteiger partial charge in [0.05, 0.1) is 0 Å². The summed E-state index contributed by atoms with van der Waals surface area (Å²) in [6, 6.07) is 6.38. The van der Waals surface area contributed by atoms with Gasteiger partial charge in [-0.15, -0.1) is 0 Å². The van der Waals surface area contributed by atoms with E-state index < -0.39 is 0 Å². The van der Waals surface area contributed by atoms with Gasteiger partial charge in [0, 0.05) is 26.1 Å². The van der Waals surface area contributed by atoms with Gasteiger partial charge >= 0.3 is 0 Å². The van der Waals surface area contributed by atoms with E-state index in [9.17, 15) is 0 Å². The van der Waals surface area contributed by atoms with Gasteiger partial charge in [-0.25, -0.2) is 0 Å². The van der Waals surface area contributed by atoms with Crippen molar-refractivity contribution in [3.8, 4) is 5.75 Å². The van der Waals surface area contributed by atoms with Crippen LogP contribution in [0.4, 0.5) is 0 Å². The Bertz CT molecular complexity index is 429. The predicted molar refractivity (Wildman–Crippen MR) is 77.7 cm³/mol. The monoisotopic (exact) mass is 263 g/mol. The molecule has 1 aliphatic heterocycles. The second kappa shape index (κ2) is 5.93. The van der Waals surface area contributed by atoms with Crippen molar-refractivity contribution in [2.45, 2.75) is 39.7 Å². The van der Waals surface area contributed by atoms with Gasteiger partial charge in [-0.1, -0.05) is 31.5 Å². The zero-order valence-corrected chi connectivity index (χ0v) is 12.2. The third-order valence-corrected chi connectivity index (χ3v) is 3.72. The van der Waals surface area contributed by atoms with Gasteiger partial charge in [-0.2, -0.15) is 0 Å². The third-order valence-electron chi connectivity index (χ3n) is 3.72. The number of aliphatic hydroxyl groups excluding tert-OH is 1. The summed E-state index contributed by atoms with van der Waals surface area (Å²) in [4.78, 5) is 0. The Hall–Kier alpha value is -1.06. The summed E-state index contributed by atoms with van der Waals surface area (Å²) in [6.07, 6.45) is 2.05. The van der Waals surface area contributed by atoms with E-state index in [2.05, 4.69) is 44.3 Å². The first-order valence-electron chi connectivity index (χ1n) is 7.08. The molecule has 1 aromatic carbocycles. The van der Waals surface area contributed by atoms with E-state index in [1.165, 1.54) is 11.1 Å². The Balaban J connectivity index is 1.78. The van der Waals surface area contributed by atoms with Crippen LogP contribution in [0.1, 0.15) is 31.4 Å². The lowest BCUT2D eigenvalue weighted by Gasteiger charge is -2.24. The Labute approximate surface area is 116 Å². The maximum absolute atomic E-state index is 9.00. The van der Waals surface area contributed by atoms with Gasteiger partial charge in [0.25, 0.3) is 0 Å². The molecule has 3 nitrogen and oxygen atoms in total. The number of hydrogen-bond acceptors (Lipinski definition) is 3. The molecular formula is C16H25NO2. The number of rotatable bonds is 6. The fourth-order valence-corrected chi connectivity index (χ4v) is 2.53. The normalized spacial score (nSPS) is 18.2. The molecule has 2 rings (SSSR count). The highest BCUT2D eigenvalue weighted by Crippen LogP contribution is 2.29. The van der Waals surface area contributed by atoms with Gasteiger partial charge in [0.1, 0.15) is 11.9 Å². The maximum Gasteiger partial charge on any atom is 0.123 e. The van der Waals surface area contributed by atoms with Crippen LogP contribution in [-0.2, 0) is 6.42 Å². The van der Waals surface area contributed by atoms with Crippen LogP contribution in [0.3, 0.4) is 0 Å². The van der Waals surface area contributed by atoms with E-state index in [0.29, 0.717) is 0 Å². The summed E-state index contributed by atoms with van der Waals surface area (Å²) < 4.78 is 5.92. The fourth-order valence-electron chi connectivity index (χ4n) is 2.53. The molecule has 19 heavy (non-hydrogen) atoms.